The summed E-state index contributed by atoms with van der Waals surface area (Å²) in [6, 6.07) is 6.55. The molecule has 0 unspecified atom stereocenters. The Balaban J connectivity index is 1.74. The van der Waals surface area contributed by atoms with Crippen LogP contribution in [-0.4, -0.2) is 42.3 Å². The van der Waals surface area contributed by atoms with Gasteiger partial charge in [-0.2, -0.15) is 0 Å². The highest BCUT2D eigenvalue weighted by molar-refractivity contribution is 8.02. The second-order valence-corrected chi connectivity index (χ2v) is 6.61. The fourth-order valence-electron chi connectivity index (χ4n) is 2.74. The molecule has 9 heteroatoms. The predicted octanol–water partition coefficient (Wildman–Crippen LogP) is 0.614. The number of thioether (sulfide) groups is 1. The van der Waals surface area contributed by atoms with Crippen molar-refractivity contribution < 1.29 is 23.9 Å². The monoisotopic (exact) mass is 349 g/mol. The van der Waals surface area contributed by atoms with Gasteiger partial charge in [0.15, 0.2) is 11.5 Å². The summed E-state index contributed by atoms with van der Waals surface area (Å²) in [6.45, 7) is -0.590. The Hall–Kier alpha value is -2.55. The first-order chi connectivity index (χ1) is 11.5. The lowest BCUT2D eigenvalue weighted by Crippen LogP contribution is -2.49. The maximum Gasteiger partial charge on any atom is 0.344 e. The van der Waals surface area contributed by atoms with Gasteiger partial charge >= 0.3 is 12.0 Å². The number of esters is 1. The number of carbonyl (C=O) groups is 4. The molecule has 0 saturated carbocycles. The van der Waals surface area contributed by atoms with Crippen LogP contribution in [0.2, 0.25) is 0 Å². The highest BCUT2D eigenvalue weighted by Gasteiger charge is 2.58. The number of imide groups is 1. The zero-order valence-corrected chi connectivity index (χ0v) is 13.6. The van der Waals surface area contributed by atoms with Crippen LogP contribution in [0.3, 0.4) is 0 Å². The van der Waals surface area contributed by atoms with Crippen molar-refractivity contribution in [3.8, 4) is 0 Å². The van der Waals surface area contributed by atoms with Crippen LogP contribution in [0.15, 0.2) is 29.2 Å². The lowest BCUT2D eigenvalue weighted by atomic mass is 10.2. The Morgan fingerprint density at radius 3 is 2.83 bits per heavy atom. The molecule has 3 rings (SSSR count). The third-order valence-corrected chi connectivity index (χ3v) is 5.26. The highest BCUT2D eigenvalue weighted by Crippen LogP contribution is 2.56. The average Bonchev–Trinajstić information content (AvgIpc) is 3.08. The van der Waals surface area contributed by atoms with Gasteiger partial charge in [-0.05, 0) is 12.1 Å². The van der Waals surface area contributed by atoms with Crippen LogP contribution < -0.4 is 15.5 Å². The van der Waals surface area contributed by atoms with Gasteiger partial charge < -0.3 is 10.1 Å². The minimum atomic E-state index is -1.17. The number of carbonyl (C=O) groups excluding carboxylic acids is 4. The molecule has 1 aromatic rings. The standard InChI is InChI=1S/C15H15N3O5S/c1-16-14(22)17-11(19)8-23-13(21)15-7-6-12(20)18(15)9-4-2-3-5-10(9)24-15/h2-5H,6-8H2,1H3,(H2,16,17,19,22)/t15-/m1/s1. The molecule has 2 aliphatic rings. The molecule has 0 spiro atoms. The van der Waals surface area contributed by atoms with E-state index in [0.29, 0.717) is 12.1 Å². The molecule has 0 radical (unpaired) electrons. The largest absolute Gasteiger partial charge is 0.453 e. The fourth-order valence-corrected chi connectivity index (χ4v) is 4.15. The maximum atomic E-state index is 12.6. The minimum Gasteiger partial charge on any atom is -0.453 e. The SMILES string of the molecule is CNC(=O)NC(=O)COC(=O)[C@]12CCC(=O)N1c1ccccc1S2. The van der Waals surface area contributed by atoms with Gasteiger partial charge in [-0.25, -0.2) is 9.59 Å². The van der Waals surface area contributed by atoms with Gasteiger partial charge in [0.1, 0.15) is 0 Å². The third-order valence-electron chi connectivity index (χ3n) is 3.81. The van der Waals surface area contributed by atoms with Crippen LogP contribution in [0.1, 0.15) is 12.8 Å². The number of hydrogen-bond acceptors (Lipinski definition) is 6. The van der Waals surface area contributed by atoms with Gasteiger partial charge in [-0.15, -0.1) is 0 Å². The predicted molar refractivity (Wildman–Crippen MR) is 85.3 cm³/mol. The lowest BCUT2D eigenvalue weighted by molar-refractivity contribution is -0.150. The highest BCUT2D eigenvalue weighted by atomic mass is 32.2. The van der Waals surface area contributed by atoms with Crippen molar-refractivity contribution in [1.29, 1.82) is 0 Å². The van der Waals surface area contributed by atoms with Crippen LogP contribution in [0.4, 0.5) is 10.5 Å². The first-order valence-electron chi connectivity index (χ1n) is 7.28. The molecule has 2 aliphatic heterocycles. The summed E-state index contributed by atoms with van der Waals surface area (Å²) in [5.74, 6) is -1.56. The topological polar surface area (TPSA) is 105 Å². The van der Waals surface area contributed by atoms with Crippen LogP contribution >= 0.6 is 11.8 Å². The van der Waals surface area contributed by atoms with Crippen molar-refractivity contribution in [1.82, 2.24) is 10.6 Å². The van der Waals surface area contributed by atoms with Crippen molar-refractivity contribution in [3.05, 3.63) is 24.3 Å². The number of nitrogens with one attached hydrogen (secondary N) is 2. The molecule has 1 saturated heterocycles. The van der Waals surface area contributed by atoms with Crippen molar-refractivity contribution in [3.63, 3.8) is 0 Å². The van der Waals surface area contributed by atoms with Crippen LogP contribution in [0.5, 0.6) is 0 Å². The number of rotatable bonds is 3. The first-order valence-corrected chi connectivity index (χ1v) is 8.09. The number of ether oxygens (including phenoxy) is 1. The Bertz CT molecular complexity index is 738. The van der Waals surface area contributed by atoms with Crippen LogP contribution in [0.25, 0.3) is 0 Å². The molecule has 0 bridgehead atoms. The van der Waals surface area contributed by atoms with Gasteiger partial charge in [-0.3, -0.25) is 19.8 Å². The average molecular weight is 349 g/mol. The zero-order chi connectivity index (χ0) is 17.3. The number of nitrogens with zero attached hydrogens (tertiary/aromatic N) is 1. The molecule has 1 atom stereocenters. The first kappa shape index (κ1) is 16.3. The molecular formula is C15H15N3O5S. The molecule has 1 fully saturated rings. The summed E-state index contributed by atoms with van der Waals surface area (Å²) >= 11 is 1.26. The maximum absolute atomic E-state index is 12.6. The molecule has 2 heterocycles. The summed E-state index contributed by atoms with van der Waals surface area (Å²) in [5.41, 5.74) is 0.678. The van der Waals surface area contributed by atoms with E-state index in [9.17, 15) is 19.2 Å². The van der Waals surface area contributed by atoms with E-state index < -0.39 is 29.4 Å². The number of urea groups is 1. The van der Waals surface area contributed by atoms with Crippen molar-refractivity contribution in [2.24, 2.45) is 0 Å². The van der Waals surface area contributed by atoms with E-state index in [1.807, 2.05) is 17.4 Å². The van der Waals surface area contributed by atoms with Gasteiger partial charge in [0, 0.05) is 24.8 Å². The summed E-state index contributed by atoms with van der Waals surface area (Å²) in [5, 5.41) is 4.23. The normalized spacial score (nSPS) is 21.0. The van der Waals surface area contributed by atoms with Crippen LogP contribution in [0, 0.1) is 0 Å². The summed E-state index contributed by atoms with van der Waals surface area (Å²) in [7, 11) is 1.36. The zero-order valence-electron chi connectivity index (χ0n) is 12.8. The molecule has 0 aromatic heterocycles. The van der Waals surface area contributed by atoms with Crippen molar-refractivity contribution >= 4 is 41.3 Å². The number of fused-ring (bicyclic) bond motifs is 3. The molecule has 8 nitrogen and oxygen atoms in total. The molecule has 0 aliphatic carbocycles. The molecule has 2 N–H and O–H groups in total. The second kappa shape index (κ2) is 6.16. The Labute approximate surface area is 141 Å². The quantitative estimate of drug-likeness (QED) is 0.775. The number of hydrogen-bond donors (Lipinski definition) is 2. The third kappa shape index (κ3) is 2.60. The smallest absolute Gasteiger partial charge is 0.344 e. The summed E-state index contributed by atoms with van der Waals surface area (Å²) in [6.07, 6.45) is 0.544. The van der Waals surface area contributed by atoms with E-state index in [4.69, 9.17) is 4.74 Å². The fraction of sp³-hybridized carbons (Fsp3) is 0.333. The Morgan fingerprint density at radius 2 is 2.08 bits per heavy atom. The molecule has 4 amide bonds. The van der Waals surface area contributed by atoms with E-state index in [1.54, 1.807) is 12.1 Å². The Morgan fingerprint density at radius 1 is 1.33 bits per heavy atom. The minimum absolute atomic E-state index is 0.154. The number of anilines is 1. The molecule has 1 aromatic carbocycles. The molecule has 24 heavy (non-hydrogen) atoms. The lowest BCUT2D eigenvalue weighted by Gasteiger charge is -2.28. The van der Waals surface area contributed by atoms with Crippen LogP contribution in [-0.2, 0) is 19.1 Å². The van der Waals surface area contributed by atoms with Crippen molar-refractivity contribution in [2.75, 3.05) is 18.6 Å². The summed E-state index contributed by atoms with van der Waals surface area (Å²) < 4.78 is 5.07. The summed E-state index contributed by atoms with van der Waals surface area (Å²) in [4.78, 5) is 48.5. The van der Waals surface area contributed by atoms with E-state index in [1.165, 1.54) is 23.7 Å². The van der Waals surface area contributed by atoms with Gasteiger partial charge in [0.05, 0.1) is 5.69 Å². The van der Waals surface area contributed by atoms with Gasteiger partial charge in [0.2, 0.25) is 5.91 Å². The number of benzene rings is 1. The van der Waals surface area contributed by atoms with Gasteiger partial charge in [0.25, 0.3) is 5.91 Å². The number of para-hydroxylation sites is 1. The van der Waals surface area contributed by atoms with E-state index >= 15 is 0 Å². The van der Waals surface area contributed by atoms with Gasteiger partial charge in [-0.1, -0.05) is 23.9 Å². The molecule has 126 valence electrons. The van der Waals surface area contributed by atoms with E-state index in [-0.39, 0.29) is 12.3 Å². The Kier molecular flexibility index (Phi) is 4.18. The molecular weight excluding hydrogens is 334 g/mol. The number of amides is 4. The van der Waals surface area contributed by atoms with E-state index in [0.717, 1.165) is 4.90 Å². The second-order valence-electron chi connectivity index (χ2n) is 5.29. The van der Waals surface area contributed by atoms with E-state index in [2.05, 4.69) is 5.32 Å². The van der Waals surface area contributed by atoms with Crippen molar-refractivity contribution in [2.45, 2.75) is 22.6 Å².